The van der Waals surface area contributed by atoms with Crippen molar-refractivity contribution < 1.29 is 106 Å². The van der Waals surface area contributed by atoms with Gasteiger partial charge in [-0.2, -0.15) is 0 Å². The van der Waals surface area contributed by atoms with Gasteiger partial charge in [0, 0.05) is 49.3 Å². The quantitative estimate of drug-likeness (QED) is 0.0179. The maximum atomic E-state index is 14.8. The van der Waals surface area contributed by atoms with Gasteiger partial charge < -0.3 is 140 Å². The molecule has 141 heavy (non-hydrogen) atoms. The smallest absolute Gasteiger partial charge is 0.326 e. The van der Waals surface area contributed by atoms with E-state index in [9.17, 15) is 106 Å². The minimum atomic E-state index is -1.82. The zero-order valence-corrected chi connectivity index (χ0v) is 84.9. The van der Waals surface area contributed by atoms with Crippen LogP contribution in [0.5, 0.6) is 0 Å². The molecule has 0 saturated heterocycles. The van der Waals surface area contributed by atoms with E-state index in [0.717, 1.165) is 0 Å². The zero-order chi connectivity index (χ0) is 107. The van der Waals surface area contributed by atoms with Crippen molar-refractivity contribution in [3.8, 4) is 0 Å². The summed E-state index contributed by atoms with van der Waals surface area (Å²) in [5.41, 5.74) is 35.2. The largest absolute Gasteiger partial charge is 0.480 e. The van der Waals surface area contributed by atoms with Crippen LogP contribution in [0.2, 0.25) is 0 Å². The lowest BCUT2D eigenvalue weighted by atomic mass is 9.96. The van der Waals surface area contributed by atoms with Crippen LogP contribution >= 0.6 is 0 Å². The molecule has 33 N–H and O–H groups in total. The first kappa shape index (κ1) is 124. The number of unbranched alkanes of at least 4 members (excludes halogenated alkanes) is 1. The molecule has 0 aliphatic rings. The third-order valence-electron chi connectivity index (χ3n) is 23.4. The lowest BCUT2D eigenvalue weighted by Crippen LogP contribution is -2.62. The number of aliphatic carboxylic acids is 1. The number of aliphatic hydroxyl groups is 1. The van der Waals surface area contributed by atoms with Crippen LogP contribution in [0.15, 0.2) is 30.5 Å². The van der Waals surface area contributed by atoms with Gasteiger partial charge in [-0.1, -0.05) is 142 Å². The molecule has 0 radical (unpaired) electrons. The lowest BCUT2D eigenvalue weighted by molar-refractivity contribution is -0.143. The molecule has 0 aliphatic heterocycles. The third kappa shape index (κ3) is 46.5. The number of fused-ring (bicyclic) bond motifs is 1. The molecule has 2 aromatic rings. The fraction of sp³-hybridized carbons (Fsp3) is 0.691. The fourth-order valence-corrected chi connectivity index (χ4v) is 15.1. The van der Waals surface area contributed by atoms with E-state index >= 15 is 0 Å². The van der Waals surface area contributed by atoms with Crippen LogP contribution < -0.4 is 125 Å². The third-order valence-corrected chi connectivity index (χ3v) is 23.4. The number of primary amides is 3. The number of carboxylic acid groups (broad SMARTS) is 1. The number of carbonyl (C=O) groups is 20. The standard InChI is InChI=1S/C94H161N25O22/c1-19-52(15)75(116-73(124)45-104-80(127)68(43-56-44-103-59-27-22-21-26-57(56)59)114-89(136)74(51(13)14)117-92(139)77(55(18)120)119-88(135)67(41-49(9)10)113-84(131)64(32-35-72(99)123)109-86(133)65(39-47(5)6)111-79(126)58(96)38-46(3)4)90(137)110-60(28-23-24-36-95)82(129)107-63(31-34-71(98)122)83(130)112-66(40-48(7)8)87(134)108-62(30-33-70(97)121)81(128)105-54(17)78(125)106-61(29-25-37-102-94(100)101)85(132)118-76(53(16)20-2)91(138)115-69(93(140)141)42-50(11)12/h21-22,26-27,44,46-55,58,60-69,74-77,103,120H,19-20,23-25,28-43,45,95-96H2,1-18H3,(H2,97,121)(H2,98,122)(H2,99,123)(H,104,127)(H,105,128)(H,106,125)(H,107,129)(H,108,134)(H,109,133)(H,110,137)(H,111,126)(H,112,130)(H,113,131)(H,114,136)(H,115,138)(H,116,124)(H,117,139)(H,118,132)(H,119,135)(H,140,141)(H4,100,101,102)/t52-,53-,54-,55-,58-,60-,61-,62-,63-,64-,65-,66-,67-,68-,69-,74-,75-,76-,77-/m0/s1. The number of hydrogen-bond acceptors (Lipinski definition) is 24. The SMILES string of the molecule is CC[C@H](C)[C@H](NC(=O)CNC(=O)[C@H](Cc1c[nH]c2ccccc12)NC(=O)[C@@H](NC(=O)[C@@H](NC(=O)[C@H](CC(C)C)NC(=O)[C@H](CCC(N)=O)NC(=O)[C@H](CC(C)C)NC(=O)[C@@H](N)CC(C)C)[C@H](C)O)C(C)C)C(=O)N[C@@H](CCCCN)C(=O)N[C@@H](CCC(N)=O)C(=O)N[C@@H](CC(C)C)C(=O)N[C@@H](CCC(N)=O)C(=O)N[C@@H](C)C(=O)N[C@@H](CCCNC(=N)N)C(=O)N[C@H](C(=O)N[C@@H](CC(C)C)C(=O)O)[C@@H](C)CC. The minimum absolute atomic E-state index is 0.0414. The van der Waals surface area contributed by atoms with Crippen LogP contribution in [0.4, 0.5) is 0 Å². The highest BCUT2D eigenvalue weighted by molar-refractivity contribution is 6.02. The molecular weight excluding hydrogens is 1830 g/mol. The van der Waals surface area contributed by atoms with Crippen molar-refractivity contribution in [2.45, 2.75) is 349 Å². The molecule has 0 unspecified atom stereocenters. The van der Waals surface area contributed by atoms with Crippen molar-refractivity contribution in [2.24, 2.45) is 81.7 Å². The molecule has 0 saturated carbocycles. The Balaban J connectivity index is 2.55. The summed E-state index contributed by atoms with van der Waals surface area (Å²) < 4.78 is 0. The predicted molar refractivity (Wildman–Crippen MR) is 525 cm³/mol. The van der Waals surface area contributed by atoms with Crippen molar-refractivity contribution >= 4 is 135 Å². The first-order valence-corrected chi connectivity index (χ1v) is 48.6. The minimum Gasteiger partial charge on any atom is -0.480 e. The maximum absolute atomic E-state index is 14.8. The number of aromatic nitrogens is 1. The van der Waals surface area contributed by atoms with Crippen LogP contribution in [0.3, 0.4) is 0 Å². The number of rotatable bonds is 68. The van der Waals surface area contributed by atoms with Crippen molar-refractivity contribution in [1.29, 1.82) is 5.41 Å². The van der Waals surface area contributed by atoms with Crippen LogP contribution in [0, 0.1) is 52.8 Å². The van der Waals surface area contributed by atoms with Gasteiger partial charge in [0.1, 0.15) is 90.6 Å². The Bertz CT molecular complexity index is 4520. The molecule has 1 heterocycles. The van der Waals surface area contributed by atoms with E-state index in [1.165, 1.54) is 13.8 Å². The van der Waals surface area contributed by atoms with E-state index < -0.39 is 289 Å². The van der Waals surface area contributed by atoms with E-state index in [-0.39, 0.29) is 107 Å². The number of para-hydroxylation sites is 1. The van der Waals surface area contributed by atoms with Crippen molar-refractivity contribution in [3.05, 3.63) is 36.0 Å². The van der Waals surface area contributed by atoms with Crippen molar-refractivity contribution in [3.63, 3.8) is 0 Å². The molecule has 794 valence electrons. The summed E-state index contributed by atoms with van der Waals surface area (Å²) in [6, 6.07) is -16.4. The number of carboxylic acids is 1. The molecule has 1 aromatic heterocycles. The highest BCUT2D eigenvalue weighted by Crippen LogP contribution is 2.22. The van der Waals surface area contributed by atoms with Crippen LogP contribution in [-0.4, -0.2) is 262 Å². The molecule has 0 aliphatic carbocycles. The van der Waals surface area contributed by atoms with E-state index in [0.29, 0.717) is 35.7 Å². The Labute approximate surface area is 825 Å². The van der Waals surface area contributed by atoms with Gasteiger partial charge in [-0.3, -0.25) is 96.5 Å². The average molecular weight is 1990 g/mol. The number of hydrogen-bond donors (Lipinski definition) is 27. The molecule has 1 aromatic carbocycles. The molecular formula is C94H161N25O22. The second kappa shape index (κ2) is 63.2. The second-order valence-electron chi connectivity index (χ2n) is 38.8. The Morgan fingerprint density at radius 1 is 0.369 bits per heavy atom. The summed E-state index contributed by atoms with van der Waals surface area (Å²) in [6.45, 7) is 29.2. The highest BCUT2D eigenvalue weighted by atomic mass is 16.4. The van der Waals surface area contributed by atoms with Crippen LogP contribution in [-0.2, 0) is 102 Å². The monoisotopic (exact) mass is 1990 g/mol. The number of H-pyrrole nitrogens is 1. The summed E-state index contributed by atoms with van der Waals surface area (Å²) in [5.74, 6) is -22.3. The molecule has 2 rings (SSSR count). The van der Waals surface area contributed by atoms with Crippen molar-refractivity contribution in [1.82, 2.24) is 95.4 Å². The van der Waals surface area contributed by atoms with Gasteiger partial charge in [0.05, 0.1) is 18.7 Å². The highest BCUT2D eigenvalue weighted by Gasteiger charge is 2.41. The number of aliphatic hydroxyl groups excluding tert-OH is 1. The summed E-state index contributed by atoms with van der Waals surface area (Å²) in [7, 11) is 0. The van der Waals surface area contributed by atoms with Gasteiger partial charge in [-0.05, 0) is 163 Å². The average Bonchev–Trinajstić information content (AvgIpc) is 1.69. The summed E-state index contributed by atoms with van der Waals surface area (Å²) >= 11 is 0. The molecule has 47 heteroatoms. The summed E-state index contributed by atoms with van der Waals surface area (Å²) in [6.07, 6.45) is -1.87. The first-order chi connectivity index (χ1) is 65.9. The van der Waals surface area contributed by atoms with E-state index in [4.69, 9.17) is 39.8 Å². The molecule has 19 amide bonds. The normalized spacial score (nSPS) is 15.5. The van der Waals surface area contributed by atoms with Crippen LogP contribution in [0.1, 0.15) is 246 Å². The lowest BCUT2D eigenvalue weighted by Gasteiger charge is -2.30. The van der Waals surface area contributed by atoms with Crippen LogP contribution in [0.25, 0.3) is 10.9 Å². The number of aromatic amines is 1. The number of nitrogens with one attached hydrogen (secondary N) is 19. The second-order valence-corrected chi connectivity index (χ2v) is 38.8. The van der Waals surface area contributed by atoms with Gasteiger partial charge >= 0.3 is 5.97 Å². The van der Waals surface area contributed by atoms with E-state index in [1.807, 2.05) is 13.8 Å². The number of carbonyl (C=O) groups excluding carboxylic acids is 19. The van der Waals surface area contributed by atoms with Gasteiger partial charge in [-0.15, -0.1) is 0 Å². The first-order valence-electron chi connectivity index (χ1n) is 48.6. The summed E-state index contributed by atoms with van der Waals surface area (Å²) in [5, 5.41) is 73.1. The van der Waals surface area contributed by atoms with Gasteiger partial charge in [-0.25, -0.2) is 4.79 Å². The van der Waals surface area contributed by atoms with E-state index in [2.05, 4.69) is 95.4 Å². The Morgan fingerprint density at radius 3 is 1.14 bits per heavy atom. The van der Waals surface area contributed by atoms with Gasteiger partial charge in [0.25, 0.3) is 0 Å². The number of amides is 19. The van der Waals surface area contributed by atoms with Crippen molar-refractivity contribution in [2.75, 3.05) is 19.6 Å². The number of nitrogens with two attached hydrogens (primary N) is 6. The number of guanidine groups is 1. The maximum Gasteiger partial charge on any atom is 0.326 e. The Morgan fingerprint density at radius 2 is 0.716 bits per heavy atom. The molecule has 47 nitrogen and oxygen atoms in total. The molecule has 0 spiro atoms. The van der Waals surface area contributed by atoms with Gasteiger partial charge in [0.2, 0.25) is 112 Å². The topological polar surface area (TPSA) is 782 Å². The Kier molecular flexibility index (Phi) is 55.7. The summed E-state index contributed by atoms with van der Waals surface area (Å²) in [4.78, 5) is 281. The fourth-order valence-electron chi connectivity index (χ4n) is 15.1. The van der Waals surface area contributed by atoms with E-state index in [1.54, 1.807) is 127 Å². The molecule has 0 bridgehead atoms. The number of benzene rings is 1. The molecule has 0 fully saturated rings. The molecule has 19 atom stereocenters. The Hall–Kier alpha value is -12.7. The van der Waals surface area contributed by atoms with Gasteiger partial charge in [0.15, 0.2) is 5.96 Å². The zero-order valence-electron chi connectivity index (χ0n) is 84.9. The predicted octanol–water partition coefficient (Wildman–Crippen LogP) is -2.92.